The summed E-state index contributed by atoms with van der Waals surface area (Å²) in [4.78, 5) is 2.00. The molecule has 0 aliphatic rings. The Hall–Kier alpha value is 0.634. The molecule has 0 amide bonds. The van der Waals surface area contributed by atoms with Crippen LogP contribution in [0, 0.1) is 0 Å². The first-order valence-electron chi connectivity index (χ1n) is 3.24. The smallest absolute Gasteiger partial charge is 0.0743 e. The van der Waals surface area contributed by atoms with Crippen molar-refractivity contribution in [3.05, 3.63) is 0 Å². The third-order valence-corrected chi connectivity index (χ3v) is 1.80. The van der Waals surface area contributed by atoms with E-state index < -0.39 is 5.60 Å². The Bertz CT molecular complexity index is 88.1. The minimum Gasteiger partial charge on any atom is -0.389 e. The molecule has 1 unspecified atom stereocenters. The van der Waals surface area contributed by atoms with E-state index in [2.05, 4.69) is 0 Å². The van der Waals surface area contributed by atoms with Crippen LogP contribution in [0.5, 0.6) is 0 Å². The summed E-state index contributed by atoms with van der Waals surface area (Å²) < 4.78 is 0. The molecule has 0 fully saturated rings. The summed E-state index contributed by atoms with van der Waals surface area (Å²) in [5.41, 5.74) is -0.594. The average Bonchev–Trinajstić information content (AvgIpc) is 1.62. The van der Waals surface area contributed by atoms with Gasteiger partial charge in [-0.15, -0.1) is 0 Å². The van der Waals surface area contributed by atoms with Crippen molar-refractivity contribution in [1.82, 2.24) is 4.90 Å². The largest absolute Gasteiger partial charge is 0.389 e. The fourth-order valence-electron chi connectivity index (χ4n) is 0.632. The quantitative estimate of drug-likeness (QED) is 0.631. The first-order valence-corrected chi connectivity index (χ1v) is 3.24. The summed E-state index contributed by atoms with van der Waals surface area (Å²) in [6.45, 7) is 5.63. The van der Waals surface area contributed by atoms with Gasteiger partial charge in [-0.3, -0.25) is 0 Å². The van der Waals surface area contributed by atoms with Gasteiger partial charge in [-0.25, -0.2) is 0 Å². The number of likely N-dealkylation sites (N-methyl/N-ethyl adjacent to an activating group) is 1. The van der Waals surface area contributed by atoms with E-state index in [1.807, 2.05) is 39.8 Å². The van der Waals surface area contributed by atoms with Crippen LogP contribution in [0.1, 0.15) is 20.8 Å². The fourth-order valence-corrected chi connectivity index (χ4v) is 0.632. The molecule has 0 heterocycles. The summed E-state index contributed by atoms with van der Waals surface area (Å²) in [6, 6.07) is 0.206. The molecule has 1 N–H and O–H groups in total. The van der Waals surface area contributed by atoms with Crippen LogP contribution in [0.25, 0.3) is 0 Å². The molecule has 2 nitrogen and oxygen atoms in total. The Kier molecular flexibility index (Phi) is 5.96. The second-order valence-corrected chi connectivity index (χ2v) is 3.29. The molecule has 0 saturated carbocycles. The topological polar surface area (TPSA) is 23.5 Å². The minimum absolute atomic E-state index is 0. The maximum Gasteiger partial charge on any atom is 0.0743 e. The normalized spacial score (nSPS) is 14.7. The van der Waals surface area contributed by atoms with Gasteiger partial charge >= 0.3 is 0 Å². The van der Waals surface area contributed by atoms with Gasteiger partial charge in [0.15, 0.2) is 0 Å². The molecule has 60 valence electrons. The number of hydrogen-bond donors (Lipinski definition) is 1. The molecule has 0 aromatic heterocycles. The third kappa shape index (κ3) is 4.45. The van der Waals surface area contributed by atoms with Gasteiger partial charge in [-0.1, -0.05) is 0 Å². The maximum absolute atomic E-state index is 9.41. The monoisotopic (exact) mass is 179 g/mol. The molecule has 10 heavy (non-hydrogen) atoms. The Morgan fingerprint density at radius 3 is 1.60 bits per heavy atom. The number of aliphatic hydroxyl groups is 1. The van der Waals surface area contributed by atoms with Gasteiger partial charge in [0, 0.05) is 27.8 Å². The summed E-state index contributed by atoms with van der Waals surface area (Å²) in [5, 5.41) is 9.41. The summed E-state index contributed by atoms with van der Waals surface area (Å²) in [7, 11) is 3.92. The van der Waals surface area contributed by atoms with Crippen LogP contribution in [-0.2, 0) is 21.7 Å². The van der Waals surface area contributed by atoms with Crippen LogP contribution in [0.15, 0.2) is 0 Å². The molecule has 0 saturated heterocycles. The van der Waals surface area contributed by atoms with Crippen molar-refractivity contribution in [2.75, 3.05) is 14.1 Å². The molecule has 0 aliphatic heterocycles. The van der Waals surface area contributed by atoms with E-state index in [0.29, 0.717) is 0 Å². The van der Waals surface area contributed by atoms with Gasteiger partial charge < -0.3 is 10.0 Å². The zero-order chi connectivity index (χ0) is 7.65. The van der Waals surface area contributed by atoms with Crippen molar-refractivity contribution in [1.29, 1.82) is 0 Å². The van der Waals surface area contributed by atoms with Crippen LogP contribution in [-0.4, -0.2) is 35.7 Å². The van der Waals surface area contributed by atoms with Crippen molar-refractivity contribution < 1.29 is 26.8 Å². The molecule has 0 aromatic carbocycles. The van der Waals surface area contributed by atoms with Gasteiger partial charge in [-0.2, -0.15) is 0 Å². The van der Waals surface area contributed by atoms with E-state index in [0.717, 1.165) is 0 Å². The van der Waals surface area contributed by atoms with Crippen LogP contribution >= 0.6 is 0 Å². The number of hydrogen-bond acceptors (Lipinski definition) is 2. The van der Waals surface area contributed by atoms with Crippen molar-refractivity contribution >= 4 is 0 Å². The molecule has 3 heteroatoms. The Balaban J connectivity index is 0. The molecule has 0 spiro atoms. The first kappa shape index (κ1) is 13.2. The second kappa shape index (κ2) is 4.50. The van der Waals surface area contributed by atoms with Gasteiger partial charge in [0.1, 0.15) is 0 Å². The molecular weight excluding hydrogens is 162 g/mol. The Morgan fingerprint density at radius 1 is 1.30 bits per heavy atom. The molecule has 0 aliphatic carbocycles. The number of rotatable bonds is 2. The maximum atomic E-state index is 9.41. The van der Waals surface area contributed by atoms with Gasteiger partial charge in [0.05, 0.1) is 5.60 Å². The Labute approximate surface area is 78.5 Å². The van der Waals surface area contributed by atoms with Crippen molar-refractivity contribution in [3.63, 3.8) is 0 Å². The fraction of sp³-hybridized carbons (Fsp3) is 1.00. The predicted molar refractivity (Wildman–Crippen MR) is 39.4 cm³/mol. The second-order valence-electron chi connectivity index (χ2n) is 3.29. The van der Waals surface area contributed by atoms with Crippen LogP contribution in [0.2, 0.25) is 0 Å². The van der Waals surface area contributed by atoms with Crippen molar-refractivity contribution in [2.24, 2.45) is 0 Å². The molecular formula is C7H17NOTi. The summed E-state index contributed by atoms with van der Waals surface area (Å²) in [5.74, 6) is 0. The average molecular weight is 179 g/mol. The van der Waals surface area contributed by atoms with E-state index >= 15 is 0 Å². The van der Waals surface area contributed by atoms with Gasteiger partial charge in [0.2, 0.25) is 0 Å². The predicted octanol–water partition coefficient (Wildman–Crippen LogP) is 0.705. The zero-order valence-corrected chi connectivity index (χ0v) is 9.03. The van der Waals surface area contributed by atoms with E-state index in [-0.39, 0.29) is 27.8 Å². The van der Waals surface area contributed by atoms with Crippen molar-refractivity contribution in [3.8, 4) is 0 Å². The molecule has 0 aromatic rings. The molecule has 0 radical (unpaired) electrons. The van der Waals surface area contributed by atoms with Gasteiger partial charge in [-0.05, 0) is 34.9 Å². The van der Waals surface area contributed by atoms with Crippen LogP contribution in [0.3, 0.4) is 0 Å². The molecule has 0 bridgehead atoms. The standard InChI is InChI=1S/C7H17NO.Ti/c1-6(8(4)5)7(2,3)9;/h6,9H,1-5H3;. The van der Waals surface area contributed by atoms with E-state index in [4.69, 9.17) is 0 Å². The van der Waals surface area contributed by atoms with Crippen LogP contribution in [0.4, 0.5) is 0 Å². The third-order valence-electron chi connectivity index (χ3n) is 1.80. The van der Waals surface area contributed by atoms with E-state index in [9.17, 15) is 5.11 Å². The minimum atomic E-state index is -0.594. The zero-order valence-electron chi connectivity index (χ0n) is 7.47. The van der Waals surface area contributed by atoms with Gasteiger partial charge in [0.25, 0.3) is 0 Å². The summed E-state index contributed by atoms with van der Waals surface area (Å²) >= 11 is 0. The van der Waals surface area contributed by atoms with Crippen molar-refractivity contribution in [2.45, 2.75) is 32.4 Å². The summed E-state index contributed by atoms with van der Waals surface area (Å²) in [6.07, 6.45) is 0. The van der Waals surface area contributed by atoms with Crippen LogP contribution < -0.4 is 0 Å². The molecule has 1 atom stereocenters. The SMILES string of the molecule is CC(N(C)C)C(C)(C)O.[Ti]. The molecule has 0 rings (SSSR count). The Morgan fingerprint density at radius 2 is 1.60 bits per heavy atom. The number of nitrogens with zero attached hydrogens (tertiary/aromatic N) is 1. The first-order chi connectivity index (χ1) is 3.85. The van der Waals surface area contributed by atoms with E-state index in [1.54, 1.807) is 0 Å². The van der Waals surface area contributed by atoms with E-state index in [1.165, 1.54) is 0 Å².